The van der Waals surface area contributed by atoms with Gasteiger partial charge in [-0.2, -0.15) is 0 Å². The van der Waals surface area contributed by atoms with Crippen molar-refractivity contribution < 1.29 is 28.6 Å². The second kappa shape index (κ2) is 8.89. The Morgan fingerprint density at radius 2 is 1.73 bits per heavy atom. The summed E-state index contributed by atoms with van der Waals surface area (Å²) in [5.74, 6) is -0.476. The van der Waals surface area contributed by atoms with Crippen molar-refractivity contribution >= 4 is 18.0 Å². The zero-order valence-corrected chi connectivity index (χ0v) is 15.0. The monoisotopic (exact) mass is 362 g/mol. The number of hydrogen-bond donors (Lipinski definition) is 2. The second-order valence-electron chi connectivity index (χ2n) is 5.45. The van der Waals surface area contributed by atoms with Crippen molar-refractivity contribution in [1.82, 2.24) is 10.6 Å². The first-order valence-electron chi connectivity index (χ1n) is 8.30. The van der Waals surface area contributed by atoms with Crippen LogP contribution in [0.25, 0.3) is 0 Å². The molecule has 1 aliphatic heterocycles. The van der Waals surface area contributed by atoms with Gasteiger partial charge in [0.1, 0.15) is 5.75 Å². The molecule has 0 aliphatic carbocycles. The molecule has 0 radical (unpaired) electrons. The molecule has 0 fully saturated rings. The van der Waals surface area contributed by atoms with Crippen molar-refractivity contribution in [3.05, 3.63) is 41.1 Å². The molecule has 26 heavy (non-hydrogen) atoms. The maximum atomic E-state index is 12.3. The third kappa shape index (κ3) is 4.75. The maximum Gasteiger partial charge on any atom is 0.344 e. The summed E-state index contributed by atoms with van der Waals surface area (Å²) < 4.78 is 15.2. The van der Waals surface area contributed by atoms with Crippen LogP contribution in [0, 0.1) is 0 Å². The first-order valence-corrected chi connectivity index (χ1v) is 8.30. The molecular formula is C18H22N2O6. The van der Waals surface area contributed by atoms with Crippen molar-refractivity contribution in [1.29, 1.82) is 0 Å². The smallest absolute Gasteiger partial charge is 0.344 e. The molecule has 0 bridgehead atoms. The molecule has 0 aromatic heterocycles. The second-order valence-corrected chi connectivity index (χ2v) is 5.45. The fraction of sp³-hybridized carbons (Fsp3) is 0.389. The first-order chi connectivity index (χ1) is 12.5. The van der Waals surface area contributed by atoms with Crippen molar-refractivity contribution in [2.75, 3.05) is 19.8 Å². The number of benzene rings is 1. The normalized spacial score (nSPS) is 16.4. The van der Waals surface area contributed by atoms with E-state index in [9.17, 15) is 14.4 Å². The zero-order chi connectivity index (χ0) is 19.1. The number of carbonyl (C=O) groups is 3. The van der Waals surface area contributed by atoms with Crippen molar-refractivity contribution in [2.45, 2.75) is 26.8 Å². The predicted molar refractivity (Wildman–Crippen MR) is 92.3 cm³/mol. The Morgan fingerprint density at radius 1 is 1.08 bits per heavy atom. The van der Waals surface area contributed by atoms with Gasteiger partial charge in [-0.3, -0.25) is 0 Å². The lowest BCUT2D eigenvalue weighted by Crippen LogP contribution is -2.45. The molecule has 8 nitrogen and oxygen atoms in total. The Labute approximate surface area is 151 Å². The molecule has 1 heterocycles. The van der Waals surface area contributed by atoms with Crippen LogP contribution in [-0.4, -0.2) is 37.8 Å². The van der Waals surface area contributed by atoms with Gasteiger partial charge in [0, 0.05) is 5.70 Å². The lowest BCUT2D eigenvalue weighted by molar-refractivity contribution is -0.145. The summed E-state index contributed by atoms with van der Waals surface area (Å²) in [6.45, 7) is 5.42. The molecule has 0 spiro atoms. The number of amides is 2. The Morgan fingerprint density at radius 3 is 2.35 bits per heavy atom. The van der Waals surface area contributed by atoms with Crippen LogP contribution in [0.4, 0.5) is 4.79 Å². The average Bonchev–Trinajstić information content (AvgIpc) is 2.60. The Kier molecular flexibility index (Phi) is 6.60. The number of carbonyl (C=O) groups excluding carboxylic acids is 3. The quantitative estimate of drug-likeness (QED) is 0.717. The van der Waals surface area contributed by atoms with Gasteiger partial charge in [0.15, 0.2) is 6.61 Å². The van der Waals surface area contributed by atoms with Crippen LogP contribution in [0.5, 0.6) is 5.75 Å². The van der Waals surface area contributed by atoms with Gasteiger partial charge < -0.3 is 24.8 Å². The fourth-order valence-electron chi connectivity index (χ4n) is 2.52. The topological polar surface area (TPSA) is 103 Å². The number of hydrogen-bond acceptors (Lipinski definition) is 6. The summed E-state index contributed by atoms with van der Waals surface area (Å²) in [5, 5.41) is 5.29. The van der Waals surface area contributed by atoms with Gasteiger partial charge in [0.2, 0.25) is 0 Å². The van der Waals surface area contributed by atoms with Crippen LogP contribution in [0.3, 0.4) is 0 Å². The van der Waals surface area contributed by atoms with E-state index < -0.39 is 24.0 Å². The van der Waals surface area contributed by atoms with Crippen LogP contribution in [0.15, 0.2) is 35.5 Å². The van der Waals surface area contributed by atoms with Crippen LogP contribution >= 0.6 is 0 Å². The van der Waals surface area contributed by atoms with Crippen LogP contribution in [-0.2, 0) is 19.1 Å². The Hall–Kier alpha value is -3.03. The molecule has 1 aromatic carbocycles. The minimum Gasteiger partial charge on any atom is -0.482 e. The molecule has 8 heteroatoms. The lowest BCUT2D eigenvalue weighted by atomic mass is 9.95. The molecule has 140 valence electrons. The third-order valence-electron chi connectivity index (χ3n) is 3.64. The number of ether oxygens (including phenoxy) is 3. The van der Waals surface area contributed by atoms with Crippen molar-refractivity contribution in [2.24, 2.45) is 0 Å². The summed E-state index contributed by atoms with van der Waals surface area (Å²) in [6, 6.07) is 5.69. The molecule has 2 rings (SSSR count). The number of nitrogens with one attached hydrogen (secondary N) is 2. The zero-order valence-electron chi connectivity index (χ0n) is 15.0. The lowest BCUT2D eigenvalue weighted by Gasteiger charge is -2.28. The third-order valence-corrected chi connectivity index (χ3v) is 3.64. The summed E-state index contributed by atoms with van der Waals surface area (Å²) >= 11 is 0. The van der Waals surface area contributed by atoms with Crippen molar-refractivity contribution in [3.63, 3.8) is 0 Å². The van der Waals surface area contributed by atoms with Gasteiger partial charge in [-0.15, -0.1) is 0 Å². The minimum atomic E-state index is -0.637. The summed E-state index contributed by atoms with van der Waals surface area (Å²) in [6.07, 6.45) is 0. The molecule has 1 aliphatic rings. The molecule has 1 atom stereocenters. The highest BCUT2D eigenvalue weighted by Gasteiger charge is 2.32. The van der Waals surface area contributed by atoms with Gasteiger partial charge in [-0.1, -0.05) is 12.1 Å². The number of allylic oxidation sites excluding steroid dienone is 1. The molecule has 0 saturated heterocycles. The molecule has 1 aromatic rings. The van der Waals surface area contributed by atoms with E-state index in [-0.39, 0.29) is 13.2 Å². The largest absolute Gasteiger partial charge is 0.482 e. The summed E-state index contributed by atoms with van der Waals surface area (Å²) in [7, 11) is 0. The van der Waals surface area contributed by atoms with E-state index in [1.807, 2.05) is 0 Å². The van der Waals surface area contributed by atoms with E-state index in [1.54, 1.807) is 45.0 Å². The maximum absolute atomic E-state index is 12.3. The molecule has 2 amide bonds. The van der Waals surface area contributed by atoms with E-state index in [0.717, 1.165) is 0 Å². The Bertz CT molecular complexity index is 711. The minimum absolute atomic E-state index is 0.190. The van der Waals surface area contributed by atoms with Crippen LogP contribution in [0.1, 0.15) is 32.4 Å². The number of rotatable bonds is 7. The molecular weight excluding hydrogens is 340 g/mol. The SMILES string of the molecule is CCOC(=O)COc1ccc([C@@H]2NC(=O)NC(C)=C2C(=O)OCC)cc1. The van der Waals surface area contributed by atoms with E-state index in [0.29, 0.717) is 29.2 Å². The van der Waals surface area contributed by atoms with E-state index in [1.165, 1.54) is 0 Å². The predicted octanol–water partition coefficient (Wildman–Crippen LogP) is 1.82. The molecule has 0 saturated carbocycles. The van der Waals surface area contributed by atoms with Crippen LogP contribution < -0.4 is 15.4 Å². The highest BCUT2D eigenvalue weighted by atomic mass is 16.6. The number of esters is 2. The first kappa shape index (κ1) is 19.3. The molecule has 2 N–H and O–H groups in total. The van der Waals surface area contributed by atoms with Crippen molar-refractivity contribution in [3.8, 4) is 5.75 Å². The van der Waals surface area contributed by atoms with Gasteiger partial charge in [-0.25, -0.2) is 14.4 Å². The van der Waals surface area contributed by atoms with Gasteiger partial charge in [-0.05, 0) is 38.5 Å². The van der Waals surface area contributed by atoms with Gasteiger partial charge >= 0.3 is 18.0 Å². The number of urea groups is 1. The molecule has 0 unspecified atom stereocenters. The average molecular weight is 362 g/mol. The van der Waals surface area contributed by atoms with Gasteiger partial charge in [0.25, 0.3) is 0 Å². The van der Waals surface area contributed by atoms with Crippen LogP contribution in [0.2, 0.25) is 0 Å². The van der Waals surface area contributed by atoms with E-state index in [4.69, 9.17) is 14.2 Å². The standard InChI is InChI=1S/C18H22N2O6/c1-4-24-14(21)10-26-13-8-6-12(7-9-13)16-15(17(22)25-5-2)11(3)19-18(23)20-16/h6-9,16H,4-5,10H2,1-3H3,(H2,19,20,23)/t16-/m0/s1. The fourth-order valence-corrected chi connectivity index (χ4v) is 2.52. The van der Waals surface area contributed by atoms with E-state index in [2.05, 4.69) is 10.6 Å². The summed E-state index contributed by atoms with van der Waals surface area (Å²) in [4.78, 5) is 35.4. The highest BCUT2D eigenvalue weighted by Crippen LogP contribution is 2.28. The van der Waals surface area contributed by atoms with Gasteiger partial charge in [0.05, 0.1) is 24.8 Å². The van der Waals surface area contributed by atoms with E-state index >= 15 is 0 Å². The highest BCUT2D eigenvalue weighted by molar-refractivity contribution is 5.95. The summed E-state index contributed by atoms with van der Waals surface area (Å²) in [5.41, 5.74) is 1.47. The Balaban J connectivity index is 2.17.